The van der Waals surface area contributed by atoms with Crippen LogP contribution in [0.3, 0.4) is 0 Å². The van der Waals surface area contributed by atoms with E-state index in [1.807, 2.05) is 26.0 Å². The van der Waals surface area contributed by atoms with Gasteiger partial charge in [-0.15, -0.1) is 0 Å². The number of hydrogen-bond acceptors (Lipinski definition) is 3. The number of carbonyl (C=O) groups is 2. The fourth-order valence-electron chi connectivity index (χ4n) is 3.52. The summed E-state index contributed by atoms with van der Waals surface area (Å²) in [6.45, 7) is 6.39. The fraction of sp³-hybridized carbons (Fsp3) is 0.417. The number of ether oxygens (including phenoxy) is 1. The van der Waals surface area contributed by atoms with Crippen molar-refractivity contribution in [1.29, 1.82) is 0 Å². The van der Waals surface area contributed by atoms with E-state index >= 15 is 0 Å². The molecule has 2 N–H and O–H groups in total. The topological polar surface area (TPSA) is 67.4 Å². The normalized spacial score (nSPS) is 14.1. The Morgan fingerprint density at radius 1 is 1.00 bits per heavy atom. The standard InChI is InChI=1S/C24H30N2O3/c1-16(2)15-25-24(28)20-12-6-7-13-21(20)26-23(27)17(3)29-22-14-8-10-18-9-4-5-11-19(18)22/h6-8,10,12-14,16-17H,4-5,9,11,15H2,1-3H3,(H,25,28)(H,26,27)/t17-/m1/s1. The lowest BCUT2D eigenvalue weighted by molar-refractivity contribution is -0.122. The Hall–Kier alpha value is -2.82. The maximum Gasteiger partial charge on any atom is 0.265 e. The molecule has 1 atom stereocenters. The minimum absolute atomic E-state index is 0.194. The van der Waals surface area contributed by atoms with Crippen LogP contribution >= 0.6 is 0 Å². The van der Waals surface area contributed by atoms with Crippen LogP contribution in [0.2, 0.25) is 0 Å². The maximum absolute atomic E-state index is 12.8. The van der Waals surface area contributed by atoms with E-state index in [9.17, 15) is 9.59 Å². The summed E-state index contributed by atoms with van der Waals surface area (Å²) in [7, 11) is 0. The van der Waals surface area contributed by atoms with E-state index in [0.29, 0.717) is 23.7 Å². The Morgan fingerprint density at radius 2 is 1.76 bits per heavy atom. The van der Waals surface area contributed by atoms with Crippen LogP contribution in [0, 0.1) is 5.92 Å². The summed E-state index contributed by atoms with van der Waals surface area (Å²) in [5, 5.41) is 5.75. The fourth-order valence-corrected chi connectivity index (χ4v) is 3.52. The highest BCUT2D eigenvalue weighted by atomic mass is 16.5. The lowest BCUT2D eigenvalue weighted by Crippen LogP contribution is -2.32. The number of para-hydroxylation sites is 1. The molecule has 2 aromatic carbocycles. The molecule has 0 spiro atoms. The zero-order chi connectivity index (χ0) is 20.8. The van der Waals surface area contributed by atoms with Gasteiger partial charge >= 0.3 is 0 Å². The average molecular weight is 395 g/mol. The van der Waals surface area contributed by atoms with Crippen LogP contribution in [0.5, 0.6) is 5.75 Å². The molecule has 2 amide bonds. The summed E-state index contributed by atoms with van der Waals surface area (Å²) in [5.74, 6) is 0.668. The van der Waals surface area contributed by atoms with Crippen molar-refractivity contribution in [2.24, 2.45) is 5.92 Å². The maximum atomic E-state index is 12.8. The van der Waals surface area contributed by atoms with E-state index in [1.54, 1.807) is 31.2 Å². The van der Waals surface area contributed by atoms with Gasteiger partial charge in [-0.3, -0.25) is 9.59 Å². The summed E-state index contributed by atoms with van der Waals surface area (Å²) in [6.07, 6.45) is 3.72. The number of rotatable bonds is 7. The summed E-state index contributed by atoms with van der Waals surface area (Å²) >= 11 is 0. The highest BCUT2D eigenvalue weighted by Gasteiger charge is 2.21. The molecule has 5 nitrogen and oxygen atoms in total. The lowest BCUT2D eigenvalue weighted by Gasteiger charge is -2.22. The molecule has 0 saturated carbocycles. The predicted molar refractivity (Wildman–Crippen MR) is 115 cm³/mol. The van der Waals surface area contributed by atoms with Gasteiger partial charge in [0.05, 0.1) is 11.3 Å². The van der Waals surface area contributed by atoms with Gasteiger partial charge < -0.3 is 15.4 Å². The number of carbonyl (C=O) groups excluding carboxylic acids is 2. The summed E-state index contributed by atoms with van der Waals surface area (Å²) < 4.78 is 6.01. The average Bonchev–Trinajstić information content (AvgIpc) is 2.72. The number of fused-ring (bicyclic) bond motifs is 1. The third-order valence-electron chi connectivity index (χ3n) is 5.13. The van der Waals surface area contributed by atoms with Crippen LogP contribution in [0.15, 0.2) is 42.5 Å². The van der Waals surface area contributed by atoms with Crippen molar-refractivity contribution in [2.75, 3.05) is 11.9 Å². The first-order valence-electron chi connectivity index (χ1n) is 10.4. The van der Waals surface area contributed by atoms with Gasteiger partial charge in [-0.1, -0.05) is 38.1 Å². The van der Waals surface area contributed by atoms with Gasteiger partial charge in [0.25, 0.3) is 11.8 Å². The molecule has 154 valence electrons. The number of aryl methyl sites for hydroxylation is 1. The number of anilines is 1. The molecule has 0 bridgehead atoms. The highest BCUT2D eigenvalue weighted by Crippen LogP contribution is 2.30. The molecule has 0 saturated heterocycles. The van der Waals surface area contributed by atoms with Crippen molar-refractivity contribution in [1.82, 2.24) is 5.32 Å². The van der Waals surface area contributed by atoms with Crippen molar-refractivity contribution >= 4 is 17.5 Å². The summed E-state index contributed by atoms with van der Waals surface area (Å²) in [4.78, 5) is 25.2. The first-order chi connectivity index (χ1) is 14.0. The van der Waals surface area contributed by atoms with Gasteiger partial charge in [0.1, 0.15) is 5.75 Å². The highest BCUT2D eigenvalue weighted by molar-refractivity contribution is 6.04. The van der Waals surface area contributed by atoms with Crippen molar-refractivity contribution < 1.29 is 14.3 Å². The smallest absolute Gasteiger partial charge is 0.265 e. The zero-order valence-corrected chi connectivity index (χ0v) is 17.5. The Morgan fingerprint density at radius 3 is 2.55 bits per heavy atom. The number of nitrogens with one attached hydrogen (secondary N) is 2. The first-order valence-corrected chi connectivity index (χ1v) is 10.4. The molecule has 3 rings (SSSR count). The predicted octanol–water partition coefficient (Wildman–Crippen LogP) is 4.36. The Labute approximate surface area is 172 Å². The van der Waals surface area contributed by atoms with Crippen molar-refractivity contribution in [2.45, 2.75) is 52.6 Å². The van der Waals surface area contributed by atoms with E-state index in [-0.39, 0.29) is 11.8 Å². The van der Waals surface area contributed by atoms with Crippen LogP contribution in [0.1, 0.15) is 55.1 Å². The third kappa shape index (κ3) is 5.37. The van der Waals surface area contributed by atoms with Gasteiger partial charge in [0.2, 0.25) is 0 Å². The molecule has 2 aromatic rings. The lowest BCUT2D eigenvalue weighted by atomic mass is 9.91. The van der Waals surface area contributed by atoms with E-state index in [0.717, 1.165) is 25.0 Å². The van der Waals surface area contributed by atoms with Gasteiger partial charge in [-0.2, -0.15) is 0 Å². The third-order valence-corrected chi connectivity index (χ3v) is 5.13. The van der Waals surface area contributed by atoms with Gasteiger partial charge in [0.15, 0.2) is 6.10 Å². The zero-order valence-electron chi connectivity index (χ0n) is 17.5. The van der Waals surface area contributed by atoms with E-state index in [4.69, 9.17) is 4.74 Å². The second-order valence-corrected chi connectivity index (χ2v) is 8.00. The van der Waals surface area contributed by atoms with E-state index < -0.39 is 6.10 Å². The molecule has 0 fully saturated rings. The molecule has 0 aromatic heterocycles. The van der Waals surface area contributed by atoms with Crippen LogP contribution in [0.25, 0.3) is 0 Å². The molecular weight excluding hydrogens is 364 g/mol. The van der Waals surface area contributed by atoms with Crippen molar-refractivity contribution in [3.63, 3.8) is 0 Å². The van der Waals surface area contributed by atoms with Gasteiger partial charge in [0, 0.05) is 6.54 Å². The Kier molecular flexibility index (Phi) is 6.91. The van der Waals surface area contributed by atoms with Gasteiger partial charge in [-0.25, -0.2) is 0 Å². The largest absolute Gasteiger partial charge is 0.481 e. The molecule has 0 unspecified atom stereocenters. The van der Waals surface area contributed by atoms with Crippen molar-refractivity contribution in [3.8, 4) is 5.75 Å². The Bertz CT molecular complexity index is 876. The number of benzene rings is 2. The van der Waals surface area contributed by atoms with Crippen LogP contribution in [-0.4, -0.2) is 24.5 Å². The Balaban J connectivity index is 1.69. The summed E-state index contributed by atoms with van der Waals surface area (Å²) in [6, 6.07) is 13.1. The van der Waals surface area contributed by atoms with Crippen LogP contribution in [0.4, 0.5) is 5.69 Å². The van der Waals surface area contributed by atoms with Crippen molar-refractivity contribution in [3.05, 3.63) is 59.2 Å². The monoisotopic (exact) mass is 394 g/mol. The molecule has 1 aliphatic carbocycles. The second kappa shape index (κ2) is 9.59. The summed E-state index contributed by atoms with van der Waals surface area (Å²) in [5.41, 5.74) is 3.47. The molecule has 0 heterocycles. The van der Waals surface area contributed by atoms with Gasteiger partial charge in [-0.05, 0) is 67.9 Å². The van der Waals surface area contributed by atoms with Crippen LogP contribution < -0.4 is 15.4 Å². The van der Waals surface area contributed by atoms with E-state index in [1.165, 1.54) is 17.5 Å². The molecule has 0 aliphatic heterocycles. The minimum atomic E-state index is -0.671. The molecule has 29 heavy (non-hydrogen) atoms. The van der Waals surface area contributed by atoms with E-state index in [2.05, 4.69) is 16.7 Å². The number of hydrogen-bond donors (Lipinski definition) is 2. The quantitative estimate of drug-likeness (QED) is 0.733. The molecular formula is C24H30N2O3. The first kappa shape index (κ1) is 20.9. The SMILES string of the molecule is CC(C)CNC(=O)c1ccccc1NC(=O)[C@@H](C)Oc1cccc2c1CCCC2. The molecule has 5 heteroatoms. The van der Waals surface area contributed by atoms with Crippen LogP contribution in [-0.2, 0) is 17.6 Å². The second-order valence-electron chi connectivity index (χ2n) is 8.00. The number of amides is 2. The molecule has 1 aliphatic rings. The molecule has 0 radical (unpaired) electrons. The minimum Gasteiger partial charge on any atom is -0.481 e.